The third kappa shape index (κ3) is 5.76. The van der Waals surface area contributed by atoms with Gasteiger partial charge >= 0.3 is 0 Å². The first-order valence-electron chi connectivity index (χ1n) is 12.4. The monoisotopic (exact) mass is 449 g/mol. The van der Waals surface area contributed by atoms with Crippen LogP contribution >= 0.6 is 0 Å². The zero-order valence-corrected chi connectivity index (χ0v) is 20.1. The van der Waals surface area contributed by atoms with E-state index in [4.69, 9.17) is 9.47 Å². The van der Waals surface area contributed by atoms with E-state index >= 15 is 0 Å². The summed E-state index contributed by atoms with van der Waals surface area (Å²) in [6.07, 6.45) is 10.9. The molecule has 1 saturated heterocycles. The van der Waals surface area contributed by atoms with Crippen LogP contribution in [0, 0.1) is 0 Å². The smallest absolute Gasteiger partial charge is 0.250 e. The zero-order chi connectivity index (χ0) is 23.0. The largest absolute Gasteiger partial charge is 0.497 e. The van der Waals surface area contributed by atoms with Gasteiger partial charge < -0.3 is 9.47 Å². The van der Waals surface area contributed by atoms with Crippen LogP contribution < -0.4 is 14.8 Å². The van der Waals surface area contributed by atoms with E-state index in [1.807, 2.05) is 30.3 Å². The highest BCUT2D eigenvalue weighted by atomic mass is 16.5. The van der Waals surface area contributed by atoms with Gasteiger partial charge in [-0.05, 0) is 55.7 Å². The molecule has 0 bridgehead atoms. The van der Waals surface area contributed by atoms with Crippen LogP contribution in [0.3, 0.4) is 0 Å². The molecule has 1 heterocycles. The van der Waals surface area contributed by atoms with Gasteiger partial charge in [-0.2, -0.15) is 0 Å². The van der Waals surface area contributed by atoms with E-state index in [2.05, 4.69) is 22.0 Å². The second kappa shape index (κ2) is 11.4. The molecule has 0 amide bonds. The van der Waals surface area contributed by atoms with Crippen LogP contribution in [0.5, 0.6) is 11.5 Å². The van der Waals surface area contributed by atoms with Crippen LogP contribution in [-0.2, 0) is 0 Å². The number of methoxy groups -OCH3 is 2. The number of hydrogen-bond acceptors (Lipinski definition) is 3. The molecule has 2 aromatic rings. The quantitative estimate of drug-likeness (QED) is 0.426. The van der Waals surface area contributed by atoms with E-state index in [-0.39, 0.29) is 12.3 Å². The molecule has 5 heteroatoms. The Morgan fingerprint density at radius 3 is 2.42 bits per heavy atom. The maximum atomic E-state index is 13.4. The van der Waals surface area contributed by atoms with Crippen LogP contribution in [0.4, 0.5) is 5.69 Å². The van der Waals surface area contributed by atoms with Crippen molar-refractivity contribution in [2.75, 3.05) is 27.3 Å². The first-order valence-corrected chi connectivity index (χ1v) is 12.4. The summed E-state index contributed by atoms with van der Waals surface area (Å²) < 4.78 is 13.2. The Labute approximate surface area is 197 Å². The predicted octanol–water partition coefficient (Wildman–Crippen LogP) is 5.84. The minimum Gasteiger partial charge on any atom is -0.497 e. The van der Waals surface area contributed by atoms with E-state index in [1.165, 1.54) is 44.1 Å². The number of benzene rings is 2. The molecule has 33 heavy (non-hydrogen) atoms. The van der Waals surface area contributed by atoms with E-state index in [1.54, 1.807) is 14.2 Å². The predicted molar refractivity (Wildman–Crippen MR) is 132 cm³/mol. The normalized spacial score (nSPS) is 18.7. The Kier molecular flexibility index (Phi) is 8.03. The summed E-state index contributed by atoms with van der Waals surface area (Å²) in [5.74, 6) is 3.28. The van der Waals surface area contributed by atoms with Gasteiger partial charge in [-0.15, -0.1) is 0 Å². The highest BCUT2D eigenvalue weighted by molar-refractivity contribution is 5.97. The summed E-state index contributed by atoms with van der Waals surface area (Å²) in [7, 11) is 3.31. The molecule has 1 aliphatic heterocycles. The molecule has 5 nitrogen and oxygen atoms in total. The van der Waals surface area contributed by atoms with Gasteiger partial charge in [0.15, 0.2) is 18.0 Å². The van der Waals surface area contributed by atoms with Gasteiger partial charge in [-0.3, -0.25) is 10.1 Å². The van der Waals surface area contributed by atoms with Gasteiger partial charge in [0.1, 0.15) is 5.75 Å². The lowest BCUT2D eigenvalue weighted by atomic mass is 9.84. The molecule has 0 unspecified atom stereocenters. The van der Waals surface area contributed by atoms with E-state index < -0.39 is 0 Å². The Balaban J connectivity index is 1.61. The third-order valence-electron chi connectivity index (χ3n) is 7.03. The van der Waals surface area contributed by atoms with E-state index in [0.29, 0.717) is 11.7 Å². The number of nitrogens with one attached hydrogen (secondary N) is 1. The first-order chi connectivity index (χ1) is 16.2. The second-order valence-electron chi connectivity index (χ2n) is 9.19. The Morgan fingerprint density at radius 1 is 0.939 bits per heavy atom. The SMILES string of the molecule is COc1ccc([N+](CC(=O)c2ccc(C3CCCCC3)cc2)=C2CCCCCN2)c(OC)c1. The van der Waals surface area contributed by atoms with Crippen molar-refractivity contribution in [1.82, 2.24) is 5.32 Å². The molecule has 0 aromatic heterocycles. The number of rotatable bonds is 7. The summed E-state index contributed by atoms with van der Waals surface area (Å²) in [6.45, 7) is 1.20. The first kappa shape index (κ1) is 23.3. The minimum atomic E-state index is 0.113. The number of nitrogens with zero attached hydrogens (tertiary/aromatic N) is 1. The maximum Gasteiger partial charge on any atom is 0.250 e. The van der Waals surface area contributed by atoms with Crippen molar-refractivity contribution in [3.63, 3.8) is 0 Å². The molecule has 2 aromatic carbocycles. The molecular weight excluding hydrogens is 412 g/mol. The topological polar surface area (TPSA) is 50.6 Å². The van der Waals surface area contributed by atoms with Gasteiger partial charge in [-0.1, -0.05) is 43.5 Å². The fraction of sp³-hybridized carbons (Fsp3) is 0.500. The molecule has 2 fully saturated rings. The van der Waals surface area contributed by atoms with Gasteiger partial charge in [0.2, 0.25) is 11.6 Å². The molecule has 1 N–H and O–H groups in total. The van der Waals surface area contributed by atoms with Crippen molar-refractivity contribution >= 4 is 17.3 Å². The molecule has 0 spiro atoms. The Hall–Kier alpha value is -2.82. The van der Waals surface area contributed by atoms with Crippen LogP contribution in [0.25, 0.3) is 0 Å². The lowest BCUT2D eigenvalue weighted by Crippen LogP contribution is -2.34. The summed E-state index contributed by atoms with van der Waals surface area (Å²) in [5.41, 5.74) is 3.02. The highest BCUT2D eigenvalue weighted by Gasteiger charge is 2.24. The second-order valence-corrected chi connectivity index (χ2v) is 9.19. The van der Waals surface area contributed by atoms with E-state index in [9.17, 15) is 4.79 Å². The molecule has 1 aliphatic carbocycles. The third-order valence-corrected chi connectivity index (χ3v) is 7.03. The molecule has 0 atom stereocenters. The van der Waals surface area contributed by atoms with Crippen molar-refractivity contribution in [2.45, 2.75) is 63.7 Å². The number of Topliss-reactive ketones (excluding diaryl/α,β-unsaturated/α-hetero) is 1. The zero-order valence-electron chi connectivity index (χ0n) is 20.1. The van der Waals surface area contributed by atoms with Crippen molar-refractivity contribution in [3.05, 3.63) is 53.6 Å². The summed E-state index contributed by atoms with van der Waals surface area (Å²) in [6, 6.07) is 14.1. The van der Waals surface area contributed by atoms with Crippen LogP contribution in [0.2, 0.25) is 0 Å². The molecule has 2 aliphatic rings. The molecule has 0 radical (unpaired) electrons. The van der Waals surface area contributed by atoms with Crippen molar-refractivity contribution in [2.24, 2.45) is 0 Å². The van der Waals surface area contributed by atoms with Crippen LogP contribution in [0.1, 0.15) is 79.6 Å². The number of ketones is 1. The van der Waals surface area contributed by atoms with Crippen LogP contribution in [0.15, 0.2) is 42.5 Å². The average molecular weight is 450 g/mol. The van der Waals surface area contributed by atoms with Crippen LogP contribution in [-0.4, -0.2) is 43.5 Å². The Morgan fingerprint density at radius 2 is 1.70 bits per heavy atom. The van der Waals surface area contributed by atoms with Gasteiger partial charge in [-0.25, -0.2) is 4.58 Å². The van der Waals surface area contributed by atoms with Crippen molar-refractivity contribution in [1.29, 1.82) is 0 Å². The fourth-order valence-corrected chi connectivity index (χ4v) is 5.09. The van der Waals surface area contributed by atoms with E-state index in [0.717, 1.165) is 48.6 Å². The van der Waals surface area contributed by atoms with Gasteiger partial charge in [0.25, 0.3) is 0 Å². The fourth-order valence-electron chi connectivity index (χ4n) is 5.09. The van der Waals surface area contributed by atoms with Crippen molar-refractivity contribution in [3.8, 4) is 11.5 Å². The summed E-state index contributed by atoms with van der Waals surface area (Å²) >= 11 is 0. The minimum absolute atomic E-state index is 0.113. The standard InChI is InChI=1S/C28H36N2O3/c1-32-24-16-17-25(27(19-24)33-2)30(28-11-7-4-8-18-29-28)20-26(31)23-14-12-22(13-15-23)21-9-5-3-6-10-21/h12-17,19,21H,3-11,18,20H2,1-2H3/p+1. The number of carbonyl (C=O) groups excluding carboxylic acids is 1. The van der Waals surface area contributed by atoms with Gasteiger partial charge in [0, 0.05) is 18.1 Å². The van der Waals surface area contributed by atoms with Gasteiger partial charge in [0.05, 0.1) is 20.8 Å². The average Bonchev–Trinajstić information content (AvgIpc) is 3.17. The summed E-state index contributed by atoms with van der Waals surface area (Å²) in [5, 5.41) is 3.57. The number of carbonyl (C=O) groups is 1. The molecule has 4 rings (SSSR count). The number of hydrogen-bond donors (Lipinski definition) is 1. The Bertz CT molecular complexity index is 965. The summed E-state index contributed by atoms with van der Waals surface area (Å²) in [4.78, 5) is 13.4. The maximum absolute atomic E-state index is 13.4. The van der Waals surface area contributed by atoms with Crippen molar-refractivity contribution < 1.29 is 18.8 Å². The highest BCUT2D eigenvalue weighted by Crippen LogP contribution is 2.34. The number of amidine groups is 1. The lowest BCUT2D eigenvalue weighted by Gasteiger charge is -2.22. The molecular formula is C28H37N2O3+. The molecule has 176 valence electrons. The lowest BCUT2D eigenvalue weighted by molar-refractivity contribution is -0.429. The number of ether oxygens (including phenoxy) is 2. The molecule has 1 saturated carbocycles.